The molecule has 3 aliphatic rings. The molecule has 2 amide bonds. The summed E-state index contributed by atoms with van der Waals surface area (Å²) in [5.74, 6) is -0.437. The summed E-state index contributed by atoms with van der Waals surface area (Å²) in [5, 5.41) is 2.83. The Hall–Kier alpha value is -2.34. The summed E-state index contributed by atoms with van der Waals surface area (Å²) in [6, 6.07) is 2.92. The fourth-order valence-electron chi connectivity index (χ4n) is 5.44. The molecule has 1 aliphatic heterocycles. The first-order chi connectivity index (χ1) is 17.7. The van der Waals surface area contributed by atoms with Crippen LogP contribution in [0.2, 0.25) is 0 Å². The normalized spacial score (nSPS) is 23.5. The number of carbonyl (C=O) groups is 2. The van der Waals surface area contributed by atoms with Gasteiger partial charge in [0, 0.05) is 31.2 Å². The van der Waals surface area contributed by atoms with E-state index in [2.05, 4.69) is 5.32 Å². The maximum absolute atomic E-state index is 13.5. The lowest BCUT2D eigenvalue weighted by atomic mass is 9.98. The smallest absolute Gasteiger partial charge is 0.416 e. The number of sulfonamides is 1. The van der Waals surface area contributed by atoms with Crippen molar-refractivity contribution in [2.45, 2.75) is 101 Å². The van der Waals surface area contributed by atoms with Gasteiger partial charge < -0.3 is 15.0 Å². The molecule has 1 aromatic carbocycles. The zero-order valence-electron chi connectivity index (χ0n) is 22.0. The molecule has 4 rings (SSSR count). The molecular formula is C26H36F3N3O5S. The molecule has 0 bridgehead atoms. The third-order valence-corrected chi connectivity index (χ3v) is 9.32. The Labute approximate surface area is 221 Å². The highest BCUT2D eigenvalue weighted by molar-refractivity contribution is 7.89. The van der Waals surface area contributed by atoms with Crippen molar-refractivity contribution < 1.29 is 35.9 Å². The van der Waals surface area contributed by atoms with Gasteiger partial charge in [-0.25, -0.2) is 13.2 Å². The molecule has 0 aromatic heterocycles. The lowest BCUT2D eigenvalue weighted by Crippen LogP contribution is -2.52. The number of halogens is 3. The minimum absolute atomic E-state index is 0.0688. The van der Waals surface area contributed by atoms with Crippen LogP contribution in [-0.4, -0.2) is 66.4 Å². The molecule has 3 fully saturated rings. The number of benzene rings is 1. The largest absolute Gasteiger partial charge is 0.444 e. The Morgan fingerprint density at radius 3 is 2.21 bits per heavy atom. The standard InChI is InChI=1S/C26H36F3N3O5S/c1-25(2,3)37-24(34)30-22-9-5-8-21(22)23(33)31-14-12-19(13-15-31)32(18-10-11-18)38(35,36)20-7-4-6-17(16-20)26(27,28)29/h4,6-7,16,18-19,21-22H,5,8-15H2,1-3H3,(H,30,34)/t21-,22+/m0/s1. The van der Waals surface area contributed by atoms with Crippen LogP contribution in [0.25, 0.3) is 0 Å². The van der Waals surface area contributed by atoms with Crippen molar-refractivity contribution in [3.8, 4) is 0 Å². The number of carbonyl (C=O) groups excluding carboxylic acids is 2. The summed E-state index contributed by atoms with van der Waals surface area (Å²) >= 11 is 0. The Kier molecular flexibility index (Phi) is 8.05. The van der Waals surface area contributed by atoms with Gasteiger partial charge in [-0.3, -0.25) is 4.79 Å². The van der Waals surface area contributed by atoms with Crippen LogP contribution < -0.4 is 5.32 Å². The highest BCUT2D eigenvalue weighted by Gasteiger charge is 2.45. The highest BCUT2D eigenvalue weighted by Crippen LogP contribution is 2.39. The van der Waals surface area contributed by atoms with Crippen molar-refractivity contribution in [2.75, 3.05) is 13.1 Å². The molecule has 38 heavy (non-hydrogen) atoms. The maximum atomic E-state index is 13.5. The molecule has 0 unspecified atom stereocenters. The minimum atomic E-state index is -4.64. The van der Waals surface area contributed by atoms with Crippen molar-refractivity contribution >= 4 is 22.0 Å². The van der Waals surface area contributed by atoms with Crippen LogP contribution in [-0.2, 0) is 25.7 Å². The predicted octanol–water partition coefficient (Wildman–Crippen LogP) is 4.54. The number of amides is 2. The highest BCUT2D eigenvalue weighted by atomic mass is 32.2. The van der Waals surface area contributed by atoms with E-state index in [0.29, 0.717) is 57.7 Å². The van der Waals surface area contributed by atoms with E-state index in [9.17, 15) is 31.2 Å². The second-order valence-electron chi connectivity index (χ2n) is 11.4. The molecule has 1 N–H and O–H groups in total. The molecule has 0 radical (unpaired) electrons. The van der Waals surface area contributed by atoms with Crippen molar-refractivity contribution in [1.29, 1.82) is 0 Å². The zero-order valence-corrected chi connectivity index (χ0v) is 22.8. The maximum Gasteiger partial charge on any atom is 0.416 e. The van der Waals surface area contributed by atoms with E-state index < -0.39 is 39.5 Å². The van der Waals surface area contributed by atoms with E-state index in [1.165, 1.54) is 10.4 Å². The van der Waals surface area contributed by atoms with Gasteiger partial charge in [0.05, 0.1) is 16.4 Å². The third-order valence-electron chi connectivity index (χ3n) is 7.31. The molecule has 12 heteroatoms. The molecule has 212 valence electrons. The Morgan fingerprint density at radius 2 is 1.63 bits per heavy atom. The monoisotopic (exact) mass is 559 g/mol. The van der Waals surface area contributed by atoms with Crippen molar-refractivity contribution in [2.24, 2.45) is 5.92 Å². The number of nitrogens with one attached hydrogen (secondary N) is 1. The number of nitrogens with zero attached hydrogens (tertiary/aromatic N) is 2. The van der Waals surface area contributed by atoms with Gasteiger partial charge in [0.2, 0.25) is 15.9 Å². The van der Waals surface area contributed by atoms with Crippen LogP contribution in [0, 0.1) is 5.92 Å². The fourth-order valence-corrected chi connectivity index (χ4v) is 7.41. The van der Waals surface area contributed by atoms with Gasteiger partial charge in [0.25, 0.3) is 0 Å². The lowest BCUT2D eigenvalue weighted by Gasteiger charge is -2.39. The Morgan fingerprint density at radius 1 is 1.00 bits per heavy atom. The van der Waals surface area contributed by atoms with Crippen molar-refractivity contribution in [1.82, 2.24) is 14.5 Å². The second-order valence-corrected chi connectivity index (χ2v) is 13.3. The summed E-state index contributed by atoms with van der Waals surface area (Å²) in [5.41, 5.74) is -1.65. The van der Waals surface area contributed by atoms with E-state index in [0.717, 1.165) is 18.6 Å². The average Bonchev–Trinajstić information content (AvgIpc) is 3.54. The number of alkyl halides is 3. The Balaban J connectivity index is 1.41. The number of ether oxygens (including phenoxy) is 1. The first-order valence-corrected chi connectivity index (χ1v) is 14.6. The molecule has 1 heterocycles. The van der Waals surface area contributed by atoms with E-state index in [-0.39, 0.29) is 28.8 Å². The van der Waals surface area contributed by atoms with Crippen LogP contribution in [0.1, 0.15) is 71.3 Å². The third kappa shape index (κ3) is 6.62. The topological polar surface area (TPSA) is 96.0 Å². The summed E-state index contributed by atoms with van der Waals surface area (Å²) in [6.45, 7) is 6.01. The Bertz CT molecular complexity index is 1140. The van der Waals surface area contributed by atoms with Gasteiger partial charge in [-0.1, -0.05) is 12.5 Å². The van der Waals surface area contributed by atoms with E-state index in [1.54, 1.807) is 25.7 Å². The molecule has 2 atom stereocenters. The molecule has 2 aliphatic carbocycles. The van der Waals surface area contributed by atoms with Crippen LogP contribution in [0.4, 0.5) is 18.0 Å². The first kappa shape index (κ1) is 28.7. The molecule has 1 saturated heterocycles. The van der Waals surface area contributed by atoms with Crippen molar-refractivity contribution in [3.05, 3.63) is 29.8 Å². The number of hydrogen-bond donors (Lipinski definition) is 1. The van der Waals surface area contributed by atoms with Crippen LogP contribution in [0.15, 0.2) is 29.2 Å². The van der Waals surface area contributed by atoms with E-state index >= 15 is 0 Å². The van der Waals surface area contributed by atoms with Crippen LogP contribution in [0.5, 0.6) is 0 Å². The molecule has 1 aromatic rings. The number of alkyl carbamates (subject to hydrolysis) is 1. The fraction of sp³-hybridized carbons (Fsp3) is 0.692. The van der Waals surface area contributed by atoms with Gasteiger partial charge in [0.15, 0.2) is 0 Å². The van der Waals surface area contributed by atoms with Crippen LogP contribution in [0.3, 0.4) is 0 Å². The number of hydrogen-bond acceptors (Lipinski definition) is 5. The van der Waals surface area contributed by atoms with E-state index in [1.807, 2.05) is 0 Å². The first-order valence-electron chi connectivity index (χ1n) is 13.2. The molecule has 8 nitrogen and oxygen atoms in total. The number of rotatable bonds is 6. The number of likely N-dealkylation sites (tertiary alicyclic amines) is 1. The second kappa shape index (κ2) is 10.7. The summed E-state index contributed by atoms with van der Waals surface area (Å²) in [4.78, 5) is 27.0. The lowest BCUT2D eigenvalue weighted by molar-refractivity contribution is -0.138. The molecular weight excluding hydrogens is 523 g/mol. The molecule has 2 saturated carbocycles. The summed E-state index contributed by atoms with van der Waals surface area (Å²) in [6.07, 6.45) is -0.936. The van der Waals surface area contributed by atoms with Gasteiger partial charge in [0.1, 0.15) is 5.60 Å². The predicted molar refractivity (Wildman–Crippen MR) is 134 cm³/mol. The van der Waals surface area contributed by atoms with Crippen LogP contribution >= 0.6 is 0 Å². The van der Waals surface area contributed by atoms with Gasteiger partial charge in [-0.05, 0) is 77.5 Å². The quantitative estimate of drug-likeness (QED) is 0.552. The summed E-state index contributed by atoms with van der Waals surface area (Å²) < 4.78 is 73.4. The SMILES string of the molecule is CC(C)(C)OC(=O)N[C@@H]1CCC[C@@H]1C(=O)N1CCC(N(C2CC2)S(=O)(=O)c2cccc(C(F)(F)F)c2)CC1. The average molecular weight is 560 g/mol. The van der Waals surface area contributed by atoms with E-state index in [4.69, 9.17) is 4.74 Å². The summed E-state index contributed by atoms with van der Waals surface area (Å²) in [7, 11) is -4.14. The van der Waals surface area contributed by atoms with Gasteiger partial charge >= 0.3 is 12.3 Å². The van der Waals surface area contributed by atoms with Gasteiger partial charge in [-0.2, -0.15) is 17.5 Å². The van der Waals surface area contributed by atoms with Gasteiger partial charge in [-0.15, -0.1) is 0 Å². The molecule has 0 spiro atoms. The van der Waals surface area contributed by atoms with Crippen molar-refractivity contribution in [3.63, 3.8) is 0 Å². The zero-order chi connectivity index (χ0) is 27.9. The minimum Gasteiger partial charge on any atom is -0.444 e. The number of piperidine rings is 1.